The van der Waals surface area contributed by atoms with E-state index in [4.69, 9.17) is 9.47 Å². The van der Waals surface area contributed by atoms with Gasteiger partial charge in [-0.1, -0.05) is 83.6 Å². The second-order valence-electron chi connectivity index (χ2n) is 12.6. The molecule has 2 aromatic rings. The number of unbranched alkanes of at least 4 members (excludes halogenated alkanes) is 4. The molecule has 2 aromatic carbocycles. The van der Waals surface area contributed by atoms with Gasteiger partial charge in [0.05, 0.1) is 18.0 Å². The number of anilines is 1. The van der Waals surface area contributed by atoms with Crippen LogP contribution in [0.4, 0.5) is 16.2 Å². The highest BCUT2D eigenvalue weighted by Crippen LogP contribution is 2.36. The van der Waals surface area contributed by atoms with E-state index in [1.165, 1.54) is 26.0 Å². The highest BCUT2D eigenvalue weighted by molar-refractivity contribution is 7.99. The molecule has 3 amide bonds. The molecule has 48 heavy (non-hydrogen) atoms. The molecule has 1 saturated heterocycles. The van der Waals surface area contributed by atoms with Gasteiger partial charge in [-0.3, -0.25) is 9.59 Å². The van der Waals surface area contributed by atoms with Crippen LogP contribution in [-0.4, -0.2) is 72.1 Å². The molecule has 4 rings (SSSR count). The third-order valence-corrected chi connectivity index (χ3v) is 11.4. The third-order valence-electron chi connectivity index (χ3n) is 8.45. The molecule has 1 fully saturated rings. The number of para-hydroxylation sites is 2. The summed E-state index contributed by atoms with van der Waals surface area (Å²) in [5.41, 5.74) is -1.03. The van der Waals surface area contributed by atoms with Gasteiger partial charge in [-0.2, -0.15) is 0 Å². The number of fused-ring (bicyclic) bond motifs is 1. The van der Waals surface area contributed by atoms with Crippen molar-refractivity contribution in [1.29, 1.82) is 0 Å². The summed E-state index contributed by atoms with van der Waals surface area (Å²) in [5, 5.41) is 2.88. The van der Waals surface area contributed by atoms with Crippen LogP contribution in [0.15, 0.2) is 63.3 Å². The average molecular weight is 701 g/mol. The van der Waals surface area contributed by atoms with E-state index in [-0.39, 0.29) is 28.9 Å². The molecular formula is C35H48N4O7S2. The van der Waals surface area contributed by atoms with Crippen molar-refractivity contribution in [2.24, 2.45) is 10.9 Å². The van der Waals surface area contributed by atoms with Crippen LogP contribution in [0.25, 0.3) is 0 Å². The summed E-state index contributed by atoms with van der Waals surface area (Å²) in [6.45, 7) is 8.97. The number of cyclic esters (lactones) is 1. The molecule has 2 heterocycles. The number of thioether (sulfide) groups is 1. The second kappa shape index (κ2) is 16.8. The van der Waals surface area contributed by atoms with Crippen molar-refractivity contribution >= 4 is 56.9 Å². The first-order valence-electron chi connectivity index (χ1n) is 16.8. The van der Waals surface area contributed by atoms with Crippen molar-refractivity contribution in [3.8, 4) is 0 Å². The Labute approximate surface area is 288 Å². The van der Waals surface area contributed by atoms with E-state index in [2.05, 4.69) is 31.1 Å². The van der Waals surface area contributed by atoms with Crippen molar-refractivity contribution in [3.63, 3.8) is 0 Å². The Bertz CT molecular complexity index is 1590. The number of aliphatic imine (C=N–C) groups is 1. The van der Waals surface area contributed by atoms with Gasteiger partial charge in [0, 0.05) is 4.90 Å². The van der Waals surface area contributed by atoms with Crippen LogP contribution in [0.5, 0.6) is 0 Å². The zero-order chi connectivity index (χ0) is 34.9. The Hall–Kier alpha value is -3.42. The molecule has 0 spiro atoms. The summed E-state index contributed by atoms with van der Waals surface area (Å²) < 4.78 is 40.6. The SMILES string of the molecule is CCCCCCSc1ccccc1NC(=O)C(C1=Nc2ccccc2S(=O)(=O)N1COCC(CC)CCCC)N1C(=O)OC(C)(C)C1=O. The van der Waals surface area contributed by atoms with Crippen LogP contribution in [-0.2, 0) is 29.1 Å². The van der Waals surface area contributed by atoms with Crippen molar-refractivity contribution < 1.29 is 32.3 Å². The molecule has 2 unspecified atom stereocenters. The van der Waals surface area contributed by atoms with Crippen molar-refractivity contribution in [2.45, 2.75) is 107 Å². The van der Waals surface area contributed by atoms with Gasteiger partial charge in [-0.05, 0) is 62.6 Å². The van der Waals surface area contributed by atoms with Crippen LogP contribution in [0, 0.1) is 5.92 Å². The summed E-state index contributed by atoms with van der Waals surface area (Å²) >= 11 is 1.59. The lowest BCUT2D eigenvalue weighted by Crippen LogP contribution is -2.59. The van der Waals surface area contributed by atoms with Crippen LogP contribution >= 0.6 is 11.8 Å². The van der Waals surface area contributed by atoms with E-state index in [9.17, 15) is 22.8 Å². The number of nitrogens with one attached hydrogen (secondary N) is 1. The first kappa shape index (κ1) is 37.4. The van der Waals surface area contributed by atoms with Gasteiger partial charge in [0.15, 0.2) is 17.5 Å². The van der Waals surface area contributed by atoms with Gasteiger partial charge >= 0.3 is 6.09 Å². The van der Waals surface area contributed by atoms with E-state index < -0.39 is 46.3 Å². The normalized spacial score (nSPS) is 17.8. The summed E-state index contributed by atoms with van der Waals surface area (Å²) in [7, 11) is -4.32. The van der Waals surface area contributed by atoms with Gasteiger partial charge in [0.25, 0.3) is 21.8 Å². The molecule has 0 aliphatic carbocycles. The number of rotatable bonds is 18. The van der Waals surface area contributed by atoms with E-state index in [1.54, 1.807) is 36.0 Å². The van der Waals surface area contributed by atoms with Crippen molar-refractivity contribution in [3.05, 3.63) is 48.5 Å². The molecule has 1 N–H and O–H groups in total. The second-order valence-corrected chi connectivity index (χ2v) is 15.5. The third kappa shape index (κ3) is 8.59. The van der Waals surface area contributed by atoms with Crippen LogP contribution in [0.2, 0.25) is 0 Å². The van der Waals surface area contributed by atoms with E-state index in [0.29, 0.717) is 10.6 Å². The first-order chi connectivity index (χ1) is 23.0. The van der Waals surface area contributed by atoms with Crippen LogP contribution in [0.1, 0.15) is 86.0 Å². The lowest BCUT2D eigenvalue weighted by atomic mass is 10.0. The highest BCUT2D eigenvalue weighted by Gasteiger charge is 2.55. The van der Waals surface area contributed by atoms with Crippen molar-refractivity contribution in [2.75, 3.05) is 24.4 Å². The summed E-state index contributed by atoms with van der Waals surface area (Å²) in [6, 6.07) is 11.6. The average Bonchev–Trinajstić information content (AvgIpc) is 3.26. The molecule has 262 valence electrons. The monoisotopic (exact) mass is 700 g/mol. The topological polar surface area (TPSA) is 135 Å². The summed E-state index contributed by atoms with van der Waals surface area (Å²) in [5.74, 6) is -0.899. The fourth-order valence-electron chi connectivity index (χ4n) is 5.59. The Balaban J connectivity index is 1.75. The minimum absolute atomic E-state index is 0.0741. The summed E-state index contributed by atoms with van der Waals surface area (Å²) in [6.07, 6.45) is 7.11. The highest BCUT2D eigenvalue weighted by atomic mass is 32.2. The predicted octanol–water partition coefficient (Wildman–Crippen LogP) is 7.35. The Morgan fingerprint density at radius 1 is 1.00 bits per heavy atom. The maximum Gasteiger partial charge on any atom is 0.418 e. The number of carbonyl (C=O) groups is 3. The molecular weight excluding hydrogens is 653 g/mol. The standard InChI is InChI=1S/C35H48N4O7S2/c1-6-9-11-16-22-47-28-20-14-12-18-26(28)37-32(40)30(39-33(41)35(4,5)46-34(39)42)31-36-27-19-13-15-21-29(27)48(43,44)38(31)24-45-23-25(8-3)17-10-7-2/h12-15,18-21,25,30H,6-11,16-17,22-24H2,1-5H3,(H,37,40). The Kier molecular flexibility index (Phi) is 13.1. The van der Waals surface area contributed by atoms with Gasteiger partial charge in [0.2, 0.25) is 0 Å². The number of hydrogen-bond donors (Lipinski definition) is 1. The molecule has 0 bridgehead atoms. The molecule has 2 atom stereocenters. The fraction of sp³-hybridized carbons (Fsp3) is 0.543. The number of nitrogens with zero attached hydrogens (tertiary/aromatic N) is 3. The number of carbonyl (C=O) groups excluding carboxylic acids is 3. The molecule has 0 radical (unpaired) electrons. The Morgan fingerprint density at radius 3 is 2.40 bits per heavy atom. The number of imide groups is 1. The number of hydrogen-bond acceptors (Lipinski definition) is 9. The fourth-order valence-corrected chi connectivity index (χ4v) is 8.07. The zero-order valence-electron chi connectivity index (χ0n) is 28.6. The lowest BCUT2D eigenvalue weighted by Gasteiger charge is -2.35. The van der Waals surface area contributed by atoms with Gasteiger partial charge < -0.3 is 14.8 Å². The maximum absolute atomic E-state index is 14.4. The maximum atomic E-state index is 14.4. The van der Waals surface area contributed by atoms with Gasteiger partial charge in [0.1, 0.15) is 11.6 Å². The first-order valence-corrected chi connectivity index (χ1v) is 19.3. The minimum Gasteiger partial charge on any atom is -0.433 e. The quantitative estimate of drug-likeness (QED) is 0.126. The molecule has 0 saturated carbocycles. The van der Waals surface area contributed by atoms with Crippen LogP contribution in [0.3, 0.4) is 0 Å². The molecule has 13 heteroatoms. The molecule has 0 aromatic heterocycles. The molecule has 11 nitrogen and oxygen atoms in total. The van der Waals surface area contributed by atoms with Gasteiger partial charge in [-0.15, -0.1) is 11.8 Å². The molecule has 2 aliphatic rings. The van der Waals surface area contributed by atoms with E-state index in [1.807, 2.05) is 12.1 Å². The number of sulfonamides is 1. The van der Waals surface area contributed by atoms with Gasteiger partial charge in [-0.25, -0.2) is 27.4 Å². The van der Waals surface area contributed by atoms with Crippen LogP contribution < -0.4 is 5.32 Å². The zero-order valence-corrected chi connectivity index (χ0v) is 30.2. The number of amidine groups is 1. The Morgan fingerprint density at radius 2 is 1.71 bits per heavy atom. The summed E-state index contributed by atoms with van der Waals surface area (Å²) in [4.78, 5) is 47.5. The largest absolute Gasteiger partial charge is 0.433 e. The predicted molar refractivity (Wildman–Crippen MR) is 188 cm³/mol. The lowest BCUT2D eigenvalue weighted by molar-refractivity contribution is -0.137. The minimum atomic E-state index is -4.32. The number of ether oxygens (including phenoxy) is 2. The number of amides is 3. The molecule has 2 aliphatic heterocycles. The number of benzene rings is 2. The van der Waals surface area contributed by atoms with E-state index in [0.717, 1.165) is 66.3 Å². The van der Waals surface area contributed by atoms with Crippen molar-refractivity contribution in [1.82, 2.24) is 9.21 Å². The van der Waals surface area contributed by atoms with E-state index >= 15 is 0 Å². The smallest absolute Gasteiger partial charge is 0.418 e.